The van der Waals surface area contributed by atoms with Crippen molar-refractivity contribution in [3.05, 3.63) is 57.6 Å². The molecule has 2 aromatic rings. The van der Waals surface area contributed by atoms with Crippen molar-refractivity contribution < 1.29 is 14.3 Å². The van der Waals surface area contributed by atoms with Gasteiger partial charge in [-0.15, -0.1) is 0 Å². The van der Waals surface area contributed by atoms with E-state index in [0.29, 0.717) is 0 Å². The molecule has 0 bridgehead atoms. The highest BCUT2D eigenvalue weighted by molar-refractivity contribution is 9.10. The smallest absolute Gasteiger partial charge is 0.415 e. The Morgan fingerprint density at radius 2 is 1.89 bits per heavy atom. The zero-order valence-electron chi connectivity index (χ0n) is 17.2. The lowest BCUT2D eigenvalue weighted by Gasteiger charge is -2.39. The van der Waals surface area contributed by atoms with E-state index in [1.165, 1.54) is 5.56 Å². The summed E-state index contributed by atoms with van der Waals surface area (Å²) in [7, 11) is 1.66. The number of nitrogens with zero attached hydrogens (tertiary/aromatic N) is 1. The molecule has 0 saturated carbocycles. The molecule has 0 radical (unpaired) electrons. The van der Waals surface area contributed by atoms with E-state index in [4.69, 9.17) is 9.47 Å². The summed E-state index contributed by atoms with van der Waals surface area (Å²) >= 11 is 3.62. The fraction of sp³-hybridized carbons (Fsp3) is 0.435. The van der Waals surface area contributed by atoms with Gasteiger partial charge in [-0.2, -0.15) is 0 Å². The fourth-order valence-electron chi connectivity index (χ4n) is 3.74. The molecule has 1 unspecified atom stereocenters. The first kappa shape index (κ1) is 20.7. The standard InChI is InChI=1S/C23H28BrNO3/c1-6-15-13-18(24)14-17-9-12-20(16-7-10-19(27-5)11-8-16)25(21(15)17)22(26)28-23(2,3)4/h7-8,10-11,13-14,20H,6,9,12H2,1-5H3. The quantitative estimate of drug-likeness (QED) is 0.544. The van der Waals surface area contributed by atoms with Crippen LogP contribution in [0.2, 0.25) is 0 Å². The summed E-state index contributed by atoms with van der Waals surface area (Å²) < 4.78 is 12.2. The highest BCUT2D eigenvalue weighted by atomic mass is 79.9. The Balaban J connectivity index is 2.10. The van der Waals surface area contributed by atoms with Crippen LogP contribution in [-0.4, -0.2) is 18.8 Å². The van der Waals surface area contributed by atoms with Crippen LogP contribution in [0.3, 0.4) is 0 Å². The second-order valence-electron chi connectivity index (χ2n) is 8.10. The van der Waals surface area contributed by atoms with Gasteiger partial charge in [0, 0.05) is 4.47 Å². The molecule has 1 aliphatic rings. The number of benzene rings is 2. The molecular formula is C23H28BrNO3. The van der Waals surface area contributed by atoms with Crippen LogP contribution in [0.25, 0.3) is 0 Å². The lowest BCUT2D eigenvalue weighted by atomic mass is 9.89. The van der Waals surface area contributed by atoms with Gasteiger partial charge in [0.15, 0.2) is 0 Å². The van der Waals surface area contributed by atoms with Crippen molar-refractivity contribution in [2.75, 3.05) is 12.0 Å². The Kier molecular flexibility index (Phi) is 6.04. The summed E-state index contributed by atoms with van der Waals surface area (Å²) in [6.07, 6.45) is 2.30. The van der Waals surface area contributed by atoms with E-state index in [0.717, 1.165) is 46.3 Å². The van der Waals surface area contributed by atoms with Crippen LogP contribution < -0.4 is 9.64 Å². The van der Waals surface area contributed by atoms with Crippen LogP contribution in [0.5, 0.6) is 5.75 Å². The Labute approximate surface area is 176 Å². The number of fused-ring (bicyclic) bond motifs is 1. The molecule has 0 saturated heterocycles. The lowest BCUT2D eigenvalue weighted by Crippen LogP contribution is -2.42. The maximum Gasteiger partial charge on any atom is 0.415 e. The average Bonchev–Trinajstić information content (AvgIpc) is 2.65. The van der Waals surface area contributed by atoms with Crippen molar-refractivity contribution in [3.63, 3.8) is 0 Å². The molecule has 2 aromatic carbocycles. The number of carbonyl (C=O) groups excluding carboxylic acids is 1. The lowest BCUT2D eigenvalue weighted by molar-refractivity contribution is 0.0559. The number of carbonyl (C=O) groups is 1. The number of hydrogen-bond acceptors (Lipinski definition) is 3. The normalized spacial score (nSPS) is 16.5. The molecule has 1 aliphatic heterocycles. The Bertz CT molecular complexity index is 838. The first-order chi connectivity index (χ1) is 13.2. The van der Waals surface area contributed by atoms with Crippen molar-refractivity contribution in [2.24, 2.45) is 0 Å². The molecule has 5 heteroatoms. The van der Waals surface area contributed by atoms with E-state index in [2.05, 4.69) is 35.0 Å². The highest BCUT2D eigenvalue weighted by Crippen LogP contribution is 2.43. The van der Waals surface area contributed by atoms with Gasteiger partial charge in [-0.25, -0.2) is 4.79 Å². The molecule has 3 rings (SSSR count). The number of anilines is 1. The number of hydrogen-bond donors (Lipinski definition) is 0. The van der Waals surface area contributed by atoms with Gasteiger partial charge in [-0.05, 0) is 81.0 Å². The van der Waals surface area contributed by atoms with Crippen LogP contribution in [0, 0.1) is 0 Å². The molecule has 4 nitrogen and oxygen atoms in total. The summed E-state index contributed by atoms with van der Waals surface area (Å²) in [5, 5.41) is 0. The molecule has 0 spiro atoms. The van der Waals surface area contributed by atoms with Crippen molar-refractivity contribution in [3.8, 4) is 5.75 Å². The van der Waals surface area contributed by atoms with Crippen molar-refractivity contribution in [1.82, 2.24) is 0 Å². The highest BCUT2D eigenvalue weighted by Gasteiger charge is 2.36. The van der Waals surface area contributed by atoms with E-state index in [1.807, 2.05) is 49.9 Å². The first-order valence-corrected chi connectivity index (χ1v) is 10.5. The molecule has 0 aliphatic carbocycles. The zero-order valence-corrected chi connectivity index (χ0v) is 18.8. The number of halogens is 1. The topological polar surface area (TPSA) is 38.8 Å². The van der Waals surface area contributed by atoms with Crippen LogP contribution in [0.15, 0.2) is 40.9 Å². The summed E-state index contributed by atoms with van der Waals surface area (Å²) in [6.45, 7) is 7.83. The number of aryl methyl sites for hydroxylation is 2. The van der Waals surface area contributed by atoms with E-state index in [9.17, 15) is 4.79 Å². The SMILES string of the molecule is CCc1cc(Br)cc2c1N(C(=O)OC(C)(C)C)C(c1ccc(OC)cc1)CC2. The predicted octanol–water partition coefficient (Wildman–Crippen LogP) is 6.45. The van der Waals surface area contributed by atoms with Gasteiger partial charge in [0.05, 0.1) is 18.8 Å². The number of rotatable bonds is 3. The van der Waals surface area contributed by atoms with Gasteiger partial charge in [-0.3, -0.25) is 4.90 Å². The molecule has 1 heterocycles. The Morgan fingerprint density at radius 3 is 2.46 bits per heavy atom. The molecule has 0 aromatic heterocycles. The van der Waals surface area contributed by atoms with Crippen molar-refractivity contribution >= 4 is 27.7 Å². The number of methoxy groups -OCH3 is 1. The van der Waals surface area contributed by atoms with Gasteiger partial charge in [0.2, 0.25) is 0 Å². The van der Waals surface area contributed by atoms with Gasteiger partial charge in [0.1, 0.15) is 11.4 Å². The summed E-state index contributed by atoms with van der Waals surface area (Å²) in [4.78, 5) is 15.2. The maximum atomic E-state index is 13.3. The fourth-order valence-corrected chi connectivity index (χ4v) is 4.29. The largest absolute Gasteiger partial charge is 0.497 e. The third kappa shape index (κ3) is 4.35. The third-order valence-electron chi connectivity index (χ3n) is 4.94. The minimum Gasteiger partial charge on any atom is -0.497 e. The Morgan fingerprint density at radius 1 is 1.21 bits per heavy atom. The molecule has 150 valence electrons. The van der Waals surface area contributed by atoms with Gasteiger partial charge in [0.25, 0.3) is 0 Å². The van der Waals surface area contributed by atoms with Crippen LogP contribution >= 0.6 is 15.9 Å². The zero-order chi connectivity index (χ0) is 20.5. The van der Waals surface area contributed by atoms with Crippen LogP contribution in [0.1, 0.15) is 56.8 Å². The van der Waals surface area contributed by atoms with Crippen molar-refractivity contribution in [1.29, 1.82) is 0 Å². The van der Waals surface area contributed by atoms with E-state index in [1.54, 1.807) is 7.11 Å². The molecule has 0 N–H and O–H groups in total. The number of ether oxygens (including phenoxy) is 2. The molecular weight excluding hydrogens is 418 g/mol. The summed E-state index contributed by atoms with van der Waals surface area (Å²) in [6, 6.07) is 12.1. The molecule has 28 heavy (non-hydrogen) atoms. The minimum atomic E-state index is -0.555. The van der Waals surface area contributed by atoms with Crippen molar-refractivity contribution in [2.45, 2.75) is 58.6 Å². The van der Waals surface area contributed by atoms with Gasteiger partial charge < -0.3 is 9.47 Å². The second-order valence-corrected chi connectivity index (χ2v) is 9.02. The minimum absolute atomic E-state index is 0.0697. The third-order valence-corrected chi connectivity index (χ3v) is 5.40. The van der Waals surface area contributed by atoms with Crippen LogP contribution in [0.4, 0.5) is 10.5 Å². The van der Waals surface area contributed by atoms with Gasteiger partial charge in [-0.1, -0.05) is 35.0 Å². The summed E-state index contributed by atoms with van der Waals surface area (Å²) in [5.41, 5.74) is 3.85. The predicted molar refractivity (Wildman–Crippen MR) is 116 cm³/mol. The Hall–Kier alpha value is -2.01. The monoisotopic (exact) mass is 445 g/mol. The van der Waals surface area contributed by atoms with Gasteiger partial charge >= 0.3 is 6.09 Å². The summed E-state index contributed by atoms with van der Waals surface area (Å²) in [5.74, 6) is 0.807. The van der Waals surface area contributed by atoms with E-state index < -0.39 is 5.60 Å². The van der Waals surface area contributed by atoms with E-state index >= 15 is 0 Å². The average molecular weight is 446 g/mol. The van der Waals surface area contributed by atoms with Crippen LogP contribution in [-0.2, 0) is 17.6 Å². The van der Waals surface area contributed by atoms with E-state index in [-0.39, 0.29) is 12.1 Å². The molecule has 0 fully saturated rings. The number of amides is 1. The first-order valence-electron chi connectivity index (χ1n) is 9.71. The maximum absolute atomic E-state index is 13.3. The molecule has 1 amide bonds. The second kappa shape index (κ2) is 8.16. The molecule has 1 atom stereocenters.